The van der Waals surface area contributed by atoms with Crippen LogP contribution in [-0.2, 0) is 4.57 Å². The zero-order valence-electron chi connectivity index (χ0n) is 17.9. The van der Waals surface area contributed by atoms with Gasteiger partial charge in [-0.3, -0.25) is 9.46 Å². The first kappa shape index (κ1) is 20.5. The van der Waals surface area contributed by atoms with E-state index >= 15 is 0 Å². The number of carbonyl (C=O) groups excluding carboxylic acids is 1. The number of aryl methyl sites for hydroxylation is 1. The van der Waals surface area contributed by atoms with Crippen molar-refractivity contribution in [2.75, 3.05) is 34.4 Å². The van der Waals surface area contributed by atoms with Crippen LogP contribution in [0.4, 0.5) is 21.9 Å². The summed E-state index contributed by atoms with van der Waals surface area (Å²) in [6.07, 6.45) is 0. The van der Waals surface area contributed by atoms with Gasteiger partial charge in [0.1, 0.15) is 13.2 Å². The van der Waals surface area contributed by atoms with E-state index in [9.17, 15) is 9.36 Å². The van der Waals surface area contributed by atoms with E-state index in [-0.39, 0.29) is 6.03 Å². The van der Waals surface area contributed by atoms with Gasteiger partial charge in [-0.05, 0) is 38.1 Å². The monoisotopic (exact) mass is 449 g/mol. The fourth-order valence-electron chi connectivity index (χ4n) is 4.03. The molecule has 32 heavy (non-hydrogen) atoms. The van der Waals surface area contributed by atoms with Gasteiger partial charge < -0.3 is 14.6 Å². The molecule has 2 heterocycles. The Morgan fingerprint density at radius 2 is 1.62 bits per heavy atom. The quantitative estimate of drug-likeness (QED) is 0.557. The molecule has 7 nitrogen and oxygen atoms in total. The third kappa shape index (κ3) is 3.30. The predicted molar refractivity (Wildman–Crippen MR) is 127 cm³/mol. The Kier molecular flexibility index (Phi) is 5.06. The minimum absolute atomic E-state index is 0.356. The Bertz CT molecular complexity index is 1210. The van der Waals surface area contributed by atoms with Crippen molar-refractivity contribution in [2.24, 2.45) is 0 Å². The van der Waals surface area contributed by atoms with Crippen LogP contribution in [0.5, 0.6) is 11.5 Å². The van der Waals surface area contributed by atoms with E-state index in [0.29, 0.717) is 53.6 Å². The van der Waals surface area contributed by atoms with Crippen molar-refractivity contribution in [3.05, 3.63) is 72.3 Å². The zero-order valence-corrected chi connectivity index (χ0v) is 18.8. The van der Waals surface area contributed by atoms with Crippen LogP contribution < -0.4 is 29.4 Å². The largest absolute Gasteiger partial charge is 0.486 e. The molecule has 3 aromatic rings. The first-order valence-electron chi connectivity index (χ1n) is 10.6. The highest BCUT2D eigenvalue weighted by molar-refractivity contribution is 7.76. The van der Waals surface area contributed by atoms with E-state index in [2.05, 4.69) is 5.09 Å². The van der Waals surface area contributed by atoms with Crippen LogP contribution in [0.25, 0.3) is 0 Å². The van der Waals surface area contributed by atoms with Crippen LogP contribution in [0.2, 0.25) is 0 Å². The van der Waals surface area contributed by atoms with Crippen LogP contribution in [0.15, 0.2) is 66.7 Å². The molecule has 8 heteroatoms. The van der Waals surface area contributed by atoms with Crippen molar-refractivity contribution in [1.29, 1.82) is 0 Å². The molecule has 0 unspecified atom stereocenters. The summed E-state index contributed by atoms with van der Waals surface area (Å²) in [6.45, 7) is 5.15. The van der Waals surface area contributed by atoms with Crippen molar-refractivity contribution in [1.82, 2.24) is 0 Å². The molecule has 1 atom stereocenters. The highest BCUT2D eigenvalue weighted by atomic mass is 31.2. The second-order valence-corrected chi connectivity index (χ2v) is 9.97. The minimum Gasteiger partial charge on any atom is -0.486 e. The SMILES string of the molecule is CCN1C(=O)N(c2ccccc2)[P@](=O)(Nc2ccc(C)cc2)c2cc3c(cc21)OCCO3. The van der Waals surface area contributed by atoms with Gasteiger partial charge in [-0.25, -0.2) is 9.46 Å². The van der Waals surface area contributed by atoms with Crippen LogP contribution in [0.1, 0.15) is 12.5 Å². The molecule has 0 aliphatic carbocycles. The second-order valence-electron chi connectivity index (χ2n) is 7.71. The van der Waals surface area contributed by atoms with Crippen molar-refractivity contribution < 1.29 is 18.8 Å². The maximum absolute atomic E-state index is 14.9. The molecule has 5 rings (SSSR count). The lowest BCUT2D eigenvalue weighted by atomic mass is 10.2. The molecule has 164 valence electrons. The molecule has 0 fully saturated rings. The molecular weight excluding hydrogens is 425 g/mol. The van der Waals surface area contributed by atoms with Gasteiger partial charge in [0.2, 0.25) is 0 Å². The standard InChI is InChI=1S/C24H24N3O4P/c1-3-26-20-15-21-22(31-14-13-30-21)16-23(20)32(29,25-18-11-9-17(2)10-12-18)27(24(26)28)19-7-5-4-6-8-19/h4-12,15-16H,3,13-14H2,1-2H3,(H,25,29)/t32-/m1/s1. The van der Waals surface area contributed by atoms with E-state index in [1.807, 2.05) is 56.3 Å². The number of amides is 2. The van der Waals surface area contributed by atoms with Crippen molar-refractivity contribution in [2.45, 2.75) is 13.8 Å². The molecule has 2 amide bonds. The Labute approximate surface area is 187 Å². The lowest BCUT2D eigenvalue weighted by molar-refractivity contribution is 0.172. The van der Waals surface area contributed by atoms with E-state index in [0.717, 1.165) is 5.56 Å². The molecule has 0 saturated carbocycles. The predicted octanol–water partition coefficient (Wildman–Crippen LogP) is 5.16. The minimum atomic E-state index is -3.67. The molecule has 1 N–H and O–H groups in total. The molecule has 2 aliphatic rings. The number of fused-ring (bicyclic) bond motifs is 2. The van der Waals surface area contributed by atoms with Gasteiger partial charge in [0.25, 0.3) is 7.44 Å². The summed E-state index contributed by atoms with van der Waals surface area (Å²) in [7, 11) is -3.67. The maximum atomic E-state index is 14.9. The summed E-state index contributed by atoms with van der Waals surface area (Å²) in [5.41, 5.74) is 2.88. The summed E-state index contributed by atoms with van der Waals surface area (Å²) in [6, 6.07) is 19.9. The Hall–Kier alpha value is -3.44. The van der Waals surface area contributed by atoms with E-state index < -0.39 is 7.44 Å². The maximum Gasteiger partial charge on any atom is 0.336 e. The summed E-state index contributed by atoms with van der Waals surface area (Å²) >= 11 is 0. The average Bonchev–Trinajstić information content (AvgIpc) is 2.81. The Balaban J connectivity index is 1.75. The number of carbonyl (C=O) groups is 1. The summed E-state index contributed by atoms with van der Waals surface area (Å²) in [4.78, 5) is 15.3. The number of rotatable bonds is 4. The lowest BCUT2D eigenvalue weighted by Gasteiger charge is -2.42. The van der Waals surface area contributed by atoms with E-state index in [4.69, 9.17) is 9.47 Å². The highest BCUT2D eigenvalue weighted by Crippen LogP contribution is 2.57. The molecule has 0 spiro atoms. The highest BCUT2D eigenvalue weighted by Gasteiger charge is 2.47. The fraction of sp³-hybridized carbons (Fsp3) is 0.208. The number of ether oxygens (including phenoxy) is 2. The third-order valence-corrected chi connectivity index (χ3v) is 8.14. The molecular formula is C24H24N3O4P. The average molecular weight is 449 g/mol. The third-order valence-electron chi connectivity index (χ3n) is 5.60. The number of hydrogen-bond acceptors (Lipinski definition) is 4. The zero-order chi connectivity index (χ0) is 22.3. The van der Waals surface area contributed by atoms with Gasteiger partial charge >= 0.3 is 6.03 Å². The lowest BCUT2D eigenvalue weighted by Crippen LogP contribution is -2.51. The fourth-order valence-corrected chi connectivity index (χ4v) is 6.56. The summed E-state index contributed by atoms with van der Waals surface area (Å²) < 4.78 is 27.8. The topological polar surface area (TPSA) is 71.1 Å². The van der Waals surface area contributed by atoms with Crippen LogP contribution >= 0.6 is 7.44 Å². The van der Waals surface area contributed by atoms with Crippen molar-refractivity contribution in [3.8, 4) is 11.5 Å². The van der Waals surface area contributed by atoms with Gasteiger partial charge in [-0.1, -0.05) is 35.9 Å². The van der Waals surface area contributed by atoms with E-state index in [1.165, 1.54) is 4.67 Å². The van der Waals surface area contributed by atoms with Crippen molar-refractivity contribution >= 4 is 35.8 Å². The van der Waals surface area contributed by atoms with Gasteiger partial charge in [0.15, 0.2) is 11.5 Å². The smallest absolute Gasteiger partial charge is 0.336 e. The molecule has 0 aromatic heterocycles. The number of hydrogen-bond donors (Lipinski definition) is 1. The van der Waals surface area contributed by atoms with Gasteiger partial charge in [0, 0.05) is 24.4 Å². The number of para-hydroxylation sites is 1. The molecule has 2 aliphatic heterocycles. The van der Waals surface area contributed by atoms with Gasteiger partial charge in [0.05, 0.1) is 16.7 Å². The number of anilines is 3. The number of urea groups is 1. The Morgan fingerprint density at radius 3 is 2.28 bits per heavy atom. The number of nitrogens with one attached hydrogen (secondary N) is 1. The normalized spacial score (nSPS) is 19.5. The Morgan fingerprint density at radius 1 is 0.969 bits per heavy atom. The first-order chi connectivity index (χ1) is 15.5. The molecule has 0 bridgehead atoms. The summed E-state index contributed by atoms with van der Waals surface area (Å²) in [5.74, 6) is 1.08. The number of benzene rings is 3. The molecule has 0 saturated heterocycles. The van der Waals surface area contributed by atoms with Crippen LogP contribution in [0, 0.1) is 6.92 Å². The van der Waals surface area contributed by atoms with E-state index in [1.54, 1.807) is 29.2 Å². The van der Waals surface area contributed by atoms with Gasteiger partial charge in [-0.2, -0.15) is 0 Å². The van der Waals surface area contributed by atoms with Gasteiger partial charge in [-0.15, -0.1) is 0 Å². The second kappa shape index (κ2) is 7.92. The van der Waals surface area contributed by atoms with Crippen LogP contribution in [-0.4, -0.2) is 25.8 Å². The van der Waals surface area contributed by atoms with Crippen LogP contribution in [0.3, 0.4) is 0 Å². The first-order valence-corrected chi connectivity index (χ1v) is 12.2. The van der Waals surface area contributed by atoms with Crippen molar-refractivity contribution in [3.63, 3.8) is 0 Å². The molecule has 0 radical (unpaired) electrons. The molecule has 3 aromatic carbocycles. The number of nitrogens with zero attached hydrogens (tertiary/aromatic N) is 2. The summed E-state index contributed by atoms with van der Waals surface area (Å²) in [5, 5.41) is 3.72.